The van der Waals surface area contributed by atoms with E-state index < -0.39 is 32.9 Å². The number of rotatable bonds is 10. The Morgan fingerprint density at radius 1 is 1.16 bits per heavy atom. The molecule has 3 N–H and O–H groups in total. The summed E-state index contributed by atoms with van der Waals surface area (Å²) >= 11 is 0. The SMILES string of the molecule is CC(C)NC(=O)c1ccc(F)c(-c2ccc3cnc(Cc4cnccc4[C@H]4C[C@@H](N)[C@@H](OCCS(C)(=O)=O)[C@@H](C)C4)n3n2)c1F. The van der Waals surface area contributed by atoms with E-state index in [1.807, 2.05) is 6.07 Å². The van der Waals surface area contributed by atoms with Gasteiger partial charge in [-0.3, -0.25) is 9.78 Å². The first kappa shape index (κ1) is 32.6. The number of ether oxygens (including phenoxy) is 1. The van der Waals surface area contributed by atoms with Gasteiger partial charge >= 0.3 is 0 Å². The molecule has 3 heterocycles. The van der Waals surface area contributed by atoms with E-state index in [0.29, 0.717) is 24.2 Å². The van der Waals surface area contributed by atoms with Crippen molar-refractivity contribution in [2.75, 3.05) is 18.6 Å². The van der Waals surface area contributed by atoms with E-state index in [4.69, 9.17) is 10.5 Å². The lowest BCUT2D eigenvalue weighted by Gasteiger charge is -2.39. The van der Waals surface area contributed by atoms with Crippen molar-refractivity contribution in [2.45, 2.75) is 64.1 Å². The van der Waals surface area contributed by atoms with Gasteiger partial charge < -0.3 is 15.8 Å². The topological polar surface area (TPSA) is 142 Å². The van der Waals surface area contributed by atoms with Crippen LogP contribution in [-0.4, -0.2) is 70.7 Å². The number of nitrogens with zero attached hydrogens (tertiary/aromatic N) is 4. The summed E-state index contributed by atoms with van der Waals surface area (Å²) < 4.78 is 61.1. The number of amides is 1. The number of aromatic nitrogens is 4. The lowest BCUT2D eigenvalue weighted by Crippen LogP contribution is -2.47. The fourth-order valence-electron chi connectivity index (χ4n) is 6.09. The van der Waals surface area contributed by atoms with Gasteiger partial charge in [0.25, 0.3) is 5.91 Å². The third-order valence-electron chi connectivity index (χ3n) is 8.16. The van der Waals surface area contributed by atoms with E-state index in [-0.39, 0.29) is 53.6 Å². The minimum Gasteiger partial charge on any atom is -0.375 e. The van der Waals surface area contributed by atoms with Gasteiger partial charge in [0, 0.05) is 37.2 Å². The first-order valence-electron chi connectivity index (χ1n) is 14.9. The largest absolute Gasteiger partial charge is 0.375 e. The molecule has 1 amide bonds. The second-order valence-corrected chi connectivity index (χ2v) is 14.4. The van der Waals surface area contributed by atoms with Crippen LogP contribution in [0.2, 0.25) is 0 Å². The molecule has 5 rings (SSSR count). The summed E-state index contributed by atoms with van der Waals surface area (Å²) in [5, 5.41) is 7.18. The van der Waals surface area contributed by atoms with Crippen LogP contribution in [-0.2, 0) is 21.0 Å². The molecule has 1 saturated carbocycles. The normalized spacial score (nSPS) is 20.5. The number of nitrogens with one attached hydrogen (secondary N) is 1. The van der Waals surface area contributed by atoms with Crippen molar-refractivity contribution in [3.63, 3.8) is 0 Å². The summed E-state index contributed by atoms with van der Waals surface area (Å²) in [6.07, 6.45) is 7.88. The van der Waals surface area contributed by atoms with Crippen molar-refractivity contribution in [1.82, 2.24) is 24.9 Å². The lowest BCUT2D eigenvalue weighted by atomic mass is 9.73. The Kier molecular flexibility index (Phi) is 9.61. The molecule has 1 aromatic carbocycles. The molecule has 0 unspecified atom stereocenters. The van der Waals surface area contributed by atoms with Crippen LogP contribution in [0.3, 0.4) is 0 Å². The van der Waals surface area contributed by atoms with E-state index in [1.165, 1.54) is 12.3 Å². The minimum atomic E-state index is -3.13. The molecule has 0 bridgehead atoms. The summed E-state index contributed by atoms with van der Waals surface area (Å²) in [6, 6.07) is 6.83. The molecule has 13 heteroatoms. The summed E-state index contributed by atoms with van der Waals surface area (Å²) in [5.41, 5.74) is 8.54. The molecule has 0 radical (unpaired) electrons. The van der Waals surface area contributed by atoms with Crippen LogP contribution in [0.5, 0.6) is 0 Å². The molecule has 4 aromatic rings. The van der Waals surface area contributed by atoms with Gasteiger partial charge in [-0.2, -0.15) is 5.10 Å². The number of carbonyl (C=O) groups is 1. The molecule has 240 valence electrons. The summed E-state index contributed by atoms with van der Waals surface area (Å²) in [4.78, 5) is 21.5. The number of pyridine rings is 1. The monoisotopic (exact) mass is 640 g/mol. The highest BCUT2D eigenvalue weighted by atomic mass is 32.2. The Labute approximate surface area is 261 Å². The quantitative estimate of drug-likeness (QED) is 0.264. The summed E-state index contributed by atoms with van der Waals surface area (Å²) in [6.45, 7) is 5.68. The fraction of sp³-hybridized carbons (Fsp3) is 0.438. The number of imidazole rings is 1. The molecule has 3 aromatic heterocycles. The molecule has 0 aliphatic heterocycles. The van der Waals surface area contributed by atoms with E-state index in [2.05, 4.69) is 27.3 Å². The van der Waals surface area contributed by atoms with Crippen LogP contribution in [0.25, 0.3) is 16.8 Å². The maximum atomic E-state index is 15.5. The Hall–Kier alpha value is -3.81. The predicted octanol–water partition coefficient (Wildman–Crippen LogP) is 4.07. The summed E-state index contributed by atoms with van der Waals surface area (Å²) in [7, 11) is -3.13. The average Bonchev–Trinajstić information content (AvgIpc) is 3.35. The standard InChI is InChI=1S/C32H38F2N6O4S/c1-18(2)38-32(41)24-6-7-25(33)29(30(24)34)27-8-5-22-17-37-28(40(22)39-27)15-21-16-36-10-9-23(21)20-13-19(3)31(26(35)14-20)44-11-12-45(4,42)43/h5-10,16-20,26,31H,11-15,35H2,1-4H3,(H,38,41)/t19-,20+,26+,31-/m0/s1. The van der Waals surface area contributed by atoms with Gasteiger partial charge in [0.1, 0.15) is 27.3 Å². The molecule has 45 heavy (non-hydrogen) atoms. The average molecular weight is 641 g/mol. The molecular formula is C32H38F2N6O4S. The minimum absolute atomic E-state index is 0.0244. The number of benzene rings is 1. The van der Waals surface area contributed by atoms with Crippen LogP contribution in [0.4, 0.5) is 8.78 Å². The highest BCUT2D eigenvalue weighted by molar-refractivity contribution is 7.90. The van der Waals surface area contributed by atoms with Gasteiger partial charge in [-0.25, -0.2) is 26.7 Å². The van der Waals surface area contributed by atoms with E-state index >= 15 is 4.39 Å². The van der Waals surface area contributed by atoms with Gasteiger partial charge in [0.15, 0.2) is 0 Å². The zero-order valence-electron chi connectivity index (χ0n) is 25.7. The maximum absolute atomic E-state index is 15.5. The van der Waals surface area contributed by atoms with Crippen LogP contribution >= 0.6 is 0 Å². The smallest absolute Gasteiger partial charge is 0.254 e. The highest BCUT2D eigenvalue weighted by Crippen LogP contribution is 2.38. The molecule has 0 saturated heterocycles. The molecule has 1 aliphatic carbocycles. The van der Waals surface area contributed by atoms with Crippen molar-refractivity contribution >= 4 is 21.3 Å². The third kappa shape index (κ3) is 7.37. The molecule has 4 atom stereocenters. The number of carbonyl (C=O) groups excluding carboxylic acids is 1. The van der Waals surface area contributed by atoms with Crippen molar-refractivity contribution in [3.8, 4) is 11.3 Å². The van der Waals surface area contributed by atoms with Crippen molar-refractivity contribution < 1.29 is 26.7 Å². The van der Waals surface area contributed by atoms with Gasteiger partial charge in [-0.05, 0) is 80.0 Å². The Bertz CT molecular complexity index is 1800. The Morgan fingerprint density at radius 3 is 2.64 bits per heavy atom. The zero-order valence-corrected chi connectivity index (χ0v) is 26.5. The fourth-order valence-corrected chi connectivity index (χ4v) is 6.48. The van der Waals surface area contributed by atoms with Crippen molar-refractivity contribution in [2.24, 2.45) is 11.7 Å². The second-order valence-electron chi connectivity index (χ2n) is 12.2. The van der Waals surface area contributed by atoms with Crippen LogP contribution < -0.4 is 11.1 Å². The number of halogens is 2. The molecule has 0 spiro atoms. The van der Waals surface area contributed by atoms with Gasteiger partial charge in [-0.1, -0.05) is 6.92 Å². The van der Waals surface area contributed by atoms with E-state index in [1.54, 1.807) is 43.0 Å². The van der Waals surface area contributed by atoms with Crippen molar-refractivity contribution in [1.29, 1.82) is 0 Å². The molecular weight excluding hydrogens is 602 g/mol. The maximum Gasteiger partial charge on any atom is 0.254 e. The predicted molar refractivity (Wildman–Crippen MR) is 167 cm³/mol. The van der Waals surface area contributed by atoms with Gasteiger partial charge in [0.05, 0.1) is 47.0 Å². The molecule has 1 fully saturated rings. The van der Waals surface area contributed by atoms with Crippen molar-refractivity contribution in [3.05, 3.63) is 83.1 Å². The number of hydrogen-bond donors (Lipinski definition) is 2. The highest BCUT2D eigenvalue weighted by Gasteiger charge is 2.36. The van der Waals surface area contributed by atoms with Crippen LogP contribution in [0, 0.1) is 17.6 Å². The Balaban J connectivity index is 1.41. The third-order valence-corrected chi connectivity index (χ3v) is 9.06. The Morgan fingerprint density at radius 2 is 1.93 bits per heavy atom. The first-order valence-corrected chi connectivity index (χ1v) is 17.0. The zero-order chi connectivity index (χ0) is 32.5. The lowest BCUT2D eigenvalue weighted by molar-refractivity contribution is -0.0154. The molecule has 10 nitrogen and oxygen atoms in total. The van der Waals surface area contributed by atoms with E-state index in [9.17, 15) is 17.6 Å². The first-order chi connectivity index (χ1) is 21.3. The van der Waals surface area contributed by atoms with Gasteiger partial charge in [0.2, 0.25) is 0 Å². The number of hydrogen-bond acceptors (Lipinski definition) is 8. The van der Waals surface area contributed by atoms with Crippen LogP contribution in [0.1, 0.15) is 66.8 Å². The number of sulfone groups is 1. The van der Waals surface area contributed by atoms with Gasteiger partial charge in [-0.15, -0.1) is 0 Å². The second kappa shape index (κ2) is 13.3. The number of nitrogens with two attached hydrogens (primary N) is 1. The van der Waals surface area contributed by atoms with Crippen LogP contribution in [0.15, 0.2) is 48.9 Å². The summed E-state index contributed by atoms with van der Waals surface area (Å²) in [5.74, 6) is -1.76. The number of fused-ring (bicyclic) bond motifs is 1. The van der Waals surface area contributed by atoms with E-state index in [0.717, 1.165) is 29.7 Å². The molecule has 1 aliphatic rings.